The van der Waals surface area contributed by atoms with Crippen LogP contribution in [0.25, 0.3) is 0 Å². The summed E-state index contributed by atoms with van der Waals surface area (Å²) < 4.78 is 4.16. The van der Waals surface area contributed by atoms with Gasteiger partial charge in [0.15, 0.2) is 0 Å². The van der Waals surface area contributed by atoms with Crippen molar-refractivity contribution in [3.63, 3.8) is 0 Å². The first-order valence-electron chi connectivity index (χ1n) is 7.91. The molecule has 0 aromatic carbocycles. The van der Waals surface area contributed by atoms with Crippen molar-refractivity contribution in [2.24, 2.45) is 10.8 Å². The summed E-state index contributed by atoms with van der Waals surface area (Å²) in [5.41, 5.74) is 0.951. The van der Waals surface area contributed by atoms with E-state index in [1.54, 1.807) is 0 Å². The first-order valence-corrected chi connectivity index (χ1v) is 14.3. The van der Waals surface area contributed by atoms with E-state index in [2.05, 4.69) is 72.4 Å². The van der Waals surface area contributed by atoms with Gasteiger partial charge in [0.05, 0.1) is 0 Å². The lowest BCUT2D eigenvalue weighted by Gasteiger charge is -2.37. The second-order valence-electron chi connectivity index (χ2n) is 10.0. The number of rotatable bonds is 6. The van der Waals surface area contributed by atoms with Crippen LogP contribution in [-0.2, 0) is 0 Å². The van der Waals surface area contributed by atoms with Crippen LogP contribution in [-0.4, -0.2) is 16.5 Å². The van der Waals surface area contributed by atoms with E-state index in [1.807, 2.05) is 0 Å². The zero-order valence-corrected chi connectivity index (χ0v) is 17.3. The molecule has 0 aliphatic carbocycles. The van der Waals surface area contributed by atoms with Crippen LogP contribution < -0.4 is 4.65 Å². The fourth-order valence-electron chi connectivity index (χ4n) is 2.42. The molecule has 0 amide bonds. The maximum atomic E-state index is 4.16. The molecular weight excluding hydrogens is 262 g/mol. The van der Waals surface area contributed by atoms with Gasteiger partial charge in [0.1, 0.15) is 16.5 Å². The summed E-state index contributed by atoms with van der Waals surface area (Å²) in [6.07, 6.45) is 2.70. The summed E-state index contributed by atoms with van der Waals surface area (Å²) in [5.74, 6) is 0. The SMILES string of the molecule is CC(C)(C)CC[Si](C)(C)N[Si](C)(C)CCC(C)(C)C. The maximum absolute atomic E-state index is 4.16. The summed E-state index contributed by atoms with van der Waals surface area (Å²) in [7, 11) is -2.47. The quantitative estimate of drug-likeness (QED) is 0.606. The van der Waals surface area contributed by atoms with E-state index < -0.39 is 16.5 Å². The first-order chi connectivity index (χ1) is 8.12. The Labute approximate surface area is 125 Å². The highest BCUT2D eigenvalue weighted by Crippen LogP contribution is 2.28. The molecular formula is C16H39NSi2. The van der Waals surface area contributed by atoms with E-state index in [9.17, 15) is 0 Å². The number of hydrogen-bond donors (Lipinski definition) is 1. The molecule has 0 saturated carbocycles. The Morgan fingerprint density at radius 1 is 0.632 bits per heavy atom. The molecule has 0 aromatic heterocycles. The van der Waals surface area contributed by atoms with Crippen molar-refractivity contribution in [3.8, 4) is 0 Å². The van der Waals surface area contributed by atoms with Gasteiger partial charge in [-0.1, -0.05) is 67.7 Å². The molecule has 0 aliphatic heterocycles. The number of hydrogen-bond acceptors (Lipinski definition) is 1. The highest BCUT2D eigenvalue weighted by molar-refractivity contribution is 6.91. The minimum Gasteiger partial charge on any atom is -0.359 e. The summed E-state index contributed by atoms with van der Waals surface area (Å²) in [6, 6.07) is 2.81. The Balaban J connectivity index is 4.37. The van der Waals surface area contributed by atoms with Gasteiger partial charge >= 0.3 is 0 Å². The average molecular weight is 302 g/mol. The molecule has 0 atom stereocenters. The second kappa shape index (κ2) is 6.44. The monoisotopic (exact) mass is 301 g/mol. The minimum atomic E-state index is -1.23. The van der Waals surface area contributed by atoms with E-state index in [4.69, 9.17) is 0 Å². The molecule has 1 nitrogen and oxygen atoms in total. The van der Waals surface area contributed by atoms with E-state index in [0.29, 0.717) is 10.8 Å². The third-order valence-corrected chi connectivity index (χ3v) is 12.1. The molecule has 0 aliphatic rings. The van der Waals surface area contributed by atoms with Gasteiger partial charge in [-0.15, -0.1) is 0 Å². The highest BCUT2D eigenvalue weighted by Gasteiger charge is 2.32. The van der Waals surface area contributed by atoms with Crippen LogP contribution in [0.5, 0.6) is 0 Å². The van der Waals surface area contributed by atoms with Crippen molar-refractivity contribution in [2.75, 3.05) is 0 Å². The molecule has 0 spiro atoms. The molecule has 3 heteroatoms. The Morgan fingerprint density at radius 3 is 1.11 bits per heavy atom. The van der Waals surface area contributed by atoms with E-state index >= 15 is 0 Å². The van der Waals surface area contributed by atoms with Crippen molar-refractivity contribution in [1.82, 2.24) is 4.65 Å². The summed E-state index contributed by atoms with van der Waals surface area (Å²) in [6.45, 7) is 24.2. The van der Waals surface area contributed by atoms with Crippen LogP contribution in [0.4, 0.5) is 0 Å². The second-order valence-corrected chi connectivity index (χ2v) is 19.5. The average Bonchev–Trinajstić information content (AvgIpc) is 2.09. The van der Waals surface area contributed by atoms with Crippen LogP contribution in [0.3, 0.4) is 0 Å². The van der Waals surface area contributed by atoms with Crippen molar-refractivity contribution < 1.29 is 0 Å². The summed E-state index contributed by atoms with van der Waals surface area (Å²) in [5, 5.41) is 0. The molecule has 19 heavy (non-hydrogen) atoms. The van der Waals surface area contributed by atoms with Gasteiger partial charge in [-0.05, 0) is 35.8 Å². The molecule has 0 fully saturated rings. The highest BCUT2D eigenvalue weighted by atomic mass is 28.4. The topological polar surface area (TPSA) is 12.0 Å². The molecule has 0 radical (unpaired) electrons. The van der Waals surface area contributed by atoms with Crippen LogP contribution in [0.15, 0.2) is 0 Å². The number of nitrogens with one attached hydrogen (secondary N) is 1. The van der Waals surface area contributed by atoms with Gasteiger partial charge in [0.25, 0.3) is 0 Å². The predicted octanol–water partition coefficient (Wildman–Crippen LogP) is 5.86. The van der Waals surface area contributed by atoms with E-state index in [-0.39, 0.29) is 0 Å². The Morgan fingerprint density at radius 2 is 0.895 bits per heavy atom. The van der Waals surface area contributed by atoms with Crippen molar-refractivity contribution in [3.05, 3.63) is 0 Å². The van der Waals surface area contributed by atoms with Crippen molar-refractivity contribution >= 4 is 16.5 Å². The molecule has 1 N–H and O–H groups in total. The predicted molar refractivity (Wildman–Crippen MR) is 95.9 cm³/mol. The largest absolute Gasteiger partial charge is 0.359 e. The van der Waals surface area contributed by atoms with Gasteiger partial charge in [-0.3, -0.25) is 0 Å². The van der Waals surface area contributed by atoms with Crippen LogP contribution >= 0.6 is 0 Å². The molecule has 0 rings (SSSR count). The normalized spacial score (nSPS) is 14.8. The Hall–Kier alpha value is 0.394. The Kier molecular flexibility index (Phi) is 6.57. The minimum absolute atomic E-state index is 0.475. The van der Waals surface area contributed by atoms with Crippen molar-refractivity contribution in [2.45, 2.75) is 92.7 Å². The maximum Gasteiger partial charge on any atom is 0.112 e. The van der Waals surface area contributed by atoms with Gasteiger partial charge in [0.2, 0.25) is 0 Å². The molecule has 0 aromatic rings. The fourth-order valence-corrected chi connectivity index (χ4v) is 13.5. The first kappa shape index (κ1) is 19.4. The Bertz CT molecular complexity index is 241. The lowest BCUT2D eigenvalue weighted by molar-refractivity contribution is 0.393. The summed E-state index contributed by atoms with van der Waals surface area (Å²) in [4.78, 5) is 0. The lowest BCUT2D eigenvalue weighted by atomic mass is 9.94. The molecule has 0 saturated heterocycles. The molecule has 0 heterocycles. The van der Waals surface area contributed by atoms with Crippen molar-refractivity contribution in [1.29, 1.82) is 0 Å². The lowest BCUT2D eigenvalue weighted by Crippen LogP contribution is -2.59. The third-order valence-electron chi connectivity index (χ3n) is 3.68. The van der Waals surface area contributed by atoms with Gasteiger partial charge < -0.3 is 4.65 Å². The standard InChI is InChI=1S/C16H39NSi2/c1-15(2,3)11-13-18(7,8)17-19(9,10)14-12-16(4,5)6/h17H,11-14H2,1-10H3. The fraction of sp³-hybridized carbons (Fsp3) is 1.00. The third kappa shape index (κ3) is 11.9. The van der Waals surface area contributed by atoms with Gasteiger partial charge in [0, 0.05) is 0 Å². The zero-order chi connectivity index (χ0) is 15.5. The molecule has 0 unspecified atom stereocenters. The molecule has 0 bridgehead atoms. The van der Waals surface area contributed by atoms with E-state index in [0.717, 1.165) is 0 Å². The van der Waals surface area contributed by atoms with Gasteiger partial charge in [-0.25, -0.2) is 0 Å². The van der Waals surface area contributed by atoms with Crippen LogP contribution in [0.1, 0.15) is 54.4 Å². The summed E-state index contributed by atoms with van der Waals surface area (Å²) >= 11 is 0. The van der Waals surface area contributed by atoms with Crippen LogP contribution in [0.2, 0.25) is 38.3 Å². The smallest absolute Gasteiger partial charge is 0.112 e. The zero-order valence-electron chi connectivity index (χ0n) is 15.3. The van der Waals surface area contributed by atoms with Gasteiger partial charge in [-0.2, -0.15) is 0 Å². The van der Waals surface area contributed by atoms with Crippen LogP contribution in [0, 0.1) is 10.8 Å². The molecule has 116 valence electrons. The van der Waals surface area contributed by atoms with E-state index in [1.165, 1.54) is 24.9 Å².